The molecule has 1 N–H and O–H groups in total. The zero-order chi connectivity index (χ0) is 15.0. The van der Waals surface area contributed by atoms with Crippen molar-refractivity contribution in [3.63, 3.8) is 0 Å². The van der Waals surface area contributed by atoms with Crippen LogP contribution in [0.5, 0.6) is 0 Å². The van der Waals surface area contributed by atoms with Crippen LogP contribution in [0.25, 0.3) is 5.69 Å². The highest BCUT2D eigenvalue weighted by Crippen LogP contribution is 2.32. The molecule has 2 aromatic rings. The van der Waals surface area contributed by atoms with Crippen molar-refractivity contribution in [2.24, 2.45) is 0 Å². The minimum Gasteiger partial charge on any atom is -0.478 e. The van der Waals surface area contributed by atoms with Gasteiger partial charge in [0.25, 0.3) is 0 Å². The second-order valence-corrected chi connectivity index (χ2v) is 4.53. The molecule has 7 nitrogen and oxygen atoms in total. The zero-order valence-corrected chi connectivity index (χ0v) is 11.4. The molecular formula is C12H10ClN3O4. The van der Waals surface area contributed by atoms with E-state index < -0.39 is 10.9 Å². The second kappa shape index (κ2) is 4.93. The summed E-state index contributed by atoms with van der Waals surface area (Å²) in [6, 6.07) is 4.41. The molecule has 0 amide bonds. The normalized spacial score (nSPS) is 10.6. The first-order valence-corrected chi connectivity index (χ1v) is 5.95. The first-order chi connectivity index (χ1) is 9.34. The van der Waals surface area contributed by atoms with Crippen molar-refractivity contribution in [1.29, 1.82) is 0 Å². The quantitative estimate of drug-likeness (QED) is 0.693. The van der Waals surface area contributed by atoms with Gasteiger partial charge in [-0.15, -0.1) is 0 Å². The van der Waals surface area contributed by atoms with E-state index in [1.165, 1.54) is 30.7 Å². The average molecular weight is 296 g/mol. The molecule has 0 fully saturated rings. The Morgan fingerprint density at radius 3 is 2.60 bits per heavy atom. The number of rotatable bonds is 3. The number of aromatic carboxylic acids is 1. The Kier molecular flexibility index (Phi) is 3.46. The number of carboxylic acid groups (broad SMARTS) is 1. The van der Waals surface area contributed by atoms with Crippen molar-refractivity contribution in [1.82, 2.24) is 9.78 Å². The summed E-state index contributed by atoms with van der Waals surface area (Å²) in [7, 11) is 0. The number of hydrogen-bond donors (Lipinski definition) is 1. The Morgan fingerprint density at radius 2 is 2.10 bits per heavy atom. The van der Waals surface area contributed by atoms with Crippen molar-refractivity contribution in [2.45, 2.75) is 13.8 Å². The number of benzene rings is 1. The largest absolute Gasteiger partial charge is 0.478 e. The Bertz CT molecular complexity index is 724. The van der Waals surface area contributed by atoms with Crippen molar-refractivity contribution in [2.75, 3.05) is 0 Å². The fraction of sp³-hybridized carbons (Fsp3) is 0.167. The average Bonchev–Trinajstić information content (AvgIpc) is 2.63. The molecule has 0 bridgehead atoms. The molecule has 0 saturated carbocycles. The third-order valence-electron chi connectivity index (χ3n) is 2.88. The molecule has 0 aliphatic carbocycles. The highest BCUT2D eigenvalue weighted by atomic mass is 35.5. The summed E-state index contributed by atoms with van der Waals surface area (Å²) in [5.41, 5.74) is 0.441. The van der Waals surface area contributed by atoms with E-state index in [4.69, 9.17) is 16.7 Å². The molecule has 104 valence electrons. The smallest absolute Gasteiger partial charge is 0.339 e. The number of carboxylic acids is 1. The van der Waals surface area contributed by atoms with E-state index in [-0.39, 0.29) is 27.7 Å². The monoisotopic (exact) mass is 295 g/mol. The fourth-order valence-electron chi connectivity index (χ4n) is 2.04. The predicted octanol–water partition coefficient (Wildman–Crippen LogP) is 2.75. The first-order valence-electron chi connectivity index (χ1n) is 5.57. The standard InChI is InChI=1S/C12H10ClN3O4/c1-6-10(12(17)18)7(2)15(14-6)9-5-3-4-8(13)11(9)16(19)20/h3-5H,1-2H3,(H,17,18). The van der Waals surface area contributed by atoms with E-state index in [2.05, 4.69) is 5.10 Å². The molecule has 1 aromatic heterocycles. The van der Waals surface area contributed by atoms with Crippen LogP contribution in [-0.2, 0) is 0 Å². The van der Waals surface area contributed by atoms with Crippen LogP contribution in [0.2, 0.25) is 5.02 Å². The summed E-state index contributed by atoms with van der Waals surface area (Å²) < 4.78 is 1.22. The minimum atomic E-state index is -1.13. The highest BCUT2D eigenvalue weighted by molar-refractivity contribution is 6.33. The van der Waals surface area contributed by atoms with Crippen molar-refractivity contribution < 1.29 is 14.8 Å². The van der Waals surface area contributed by atoms with Gasteiger partial charge in [0.1, 0.15) is 16.3 Å². The number of nitro groups is 1. The number of aromatic nitrogens is 2. The molecule has 0 spiro atoms. The molecule has 0 saturated heterocycles. The lowest BCUT2D eigenvalue weighted by molar-refractivity contribution is -0.384. The lowest BCUT2D eigenvalue weighted by Crippen LogP contribution is -2.05. The molecule has 0 radical (unpaired) electrons. The Hall–Kier alpha value is -2.41. The van der Waals surface area contributed by atoms with Crippen molar-refractivity contribution >= 4 is 23.3 Å². The molecule has 8 heteroatoms. The predicted molar refractivity (Wildman–Crippen MR) is 71.7 cm³/mol. The lowest BCUT2D eigenvalue weighted by Gasteiger charge is -2.06. The summed E-state index contributed by atoms with van der Waals surface area (Å²) in [4.78, 5) is 21.7. The van der Waals surface area contributed by atoms with E-state index in [0.717, 1.165) is 0 Å². The molecule has 0 aliphatic rings. The molecule has 0 atom stereocenters. The lowest BCUT2D eigenvalue weighted by atomic mass is 10.2. The number of para-hydroxylation sites is 1. The van der Waals surface area contributed by atoms with Gasteiger partial charge in [-0.2, -0.15) is 5.10 Å². The van der Waals surface area contributed by atoms with Crippen LogP contribution in [0.1, 0.15) is 21.7 Å². The summed E-state index contributed by atoms with van der Waals surface area (Å²) in [6.07, 6.45) is 0. The Balaban J connectivity index is 2.77. The number of nitrogens with zero attached hydrogens (tertiary/aromatic N) is 3. The SMILES string of the molecule is Cc1nn(-c2cccc(Cl)c2[N+](=O)[O-])c(C)c1C(=O)O. The van der Waals surface area contributed by atoms with Crippen LogP contribution in [0.4, 0.5) is 5.69 Å². The van der Waals surface area contributed by atoms with Crippen LogP contribution < -0.4 is 0 Å². The third kappa shape index (κ3) is 2.12. The Labute approximate surface area is 118 Å². The number of hydrogen-bond acceptors (Lipinski definition) is 4. The van der Waals surface area contributed by atoms with E-state index in [0.29, 0.717) is 5.69 Å². The molecule has 1 aromatic carbocycles. The molecule has 2 rings (SSSR count). The van der Waals surface area contributed by atoms with Crippen LogP contribution in [0.3, 0.4) is 0 Å². The van der Waals surface area contributed by atoms with Gasteiger partial charge < -0.3 is 5.11 Å². The van der Waals surface area contributed by atoms with Crippen LogP contribution in [-0.4, -0.2) is 25.8 Å². The first kappa shape index (κ1) is 14.0. The van der Waals surface area contributed by atoms with E-state index >= 15 is 0 Å². The minimum absolute atomic E-state index is 0.0271. The molecule has 0 unspecified atom stereocenters. The van der Waals surface area contributed by atoms with Gasteiger partial charge in [-0.25, -0.2) is 9.48 Å². The number of aryl methyl sites for hydroxylation is 1. The maximum absolute atomic E-state index is 11.2. The van der Waals surface area contributed by atoms with Crippen molar-refractivity contribution in [3.05, 3.63) is 50.3 Å². The molecule has 0 aliphatic heterocycles. The van der Waals surface area contributed by atoms with Gasteiger partial charge in [-0.05, 0) is 26.0 Å². The van der Waals surface area contributed by atoms with Gasteiger partial charge in [-0.3, -0.25) is 10.1 Å². The fourth-order valence-corrected chi connectivity index (χ4v) is 2.28. The van der Waals surface area contributed by atoms with Gasteiger partial charge in [-0.1, -0.05) is 17.7 Å². The summed E-state index contributed by atoms with van der Waals surface area (Å²) in [6.45, 7) is 3.07. The van der Waals surface area contributed by atoms with Gasteiger partial charge in [0.15, 0.2) is 0 Å². The van der Waals surface area contributed by atoms with E-state index in [9.17, 15) is 14.9 Å². The maximum Gasteiger partial charge on any atom is 0.339 e. The van der Waals surface area contributed by atoms with Gasteiger partial charge in [0.05, 0.1) is 16.3 Å². The van der Waals surface area contributed by atoms with Crippen LogP contribution in [0.15, 0.2) is 18.2 Å². The number of halogens is 1. The number of nitro benzene ring substituents is 1. The third-order valence-corrected chi connectivity index (χ3v) is 3.19. The molecule has 1 heterocycles. The maximum atomic E-state index is 11.2. The number of carbonyl (C=O) groups is 1. The van der Waals surface area contributed by atoms with Crippen LogP contribution in [0, 0.1) is 24.0 Å². The summed E-state index contributed by atoms with van der Waals surface area (Å²) in [5.74, 6) is -1.13. The second-order valence-electron chi connectivity index (χ2n) is 4.13. The summed E-state index contributed by atoms with van der Waals surface area (Å²) in [5, 5.41) is 24.3. The van der Waals surface area contributed by atoms with Gasteiger partial charge >= 0.3 is 11.7 Å². The van der Waals surface area contributed by atoms with E-state index in [1.807, 2.05) is 0 Å². The van der Waals surface area contributed by atoms with E-state index in [1.54, 1.807) is 6.07 Å². The van der Waals surface area contributed by atoms with Crippen LogP contribution >= 0.6 is 11.6 Å². The molecular weight excluding hydrogens is 286 g/mol. The zero-order valence-electron chi connectivity index (χ0n) is 10.6. The Morgan fingerprint density at radius 1 is 1.45 bits per heavy atom. The highest BCUT2D eigenvalue weighted by Gasteiger charge is 2.25. The van der Waals surface area contributed by atoms with Crippen molar-refractivity contribution in [3.8, 4) is 5.69 Å². The van der Waals surface area contributed by atoms with Gasteiger partial charge in [0, 0.05) is 0 Å². The molecule has 20 heavy (non-hydrogen) atoms. The van der Waals surface area contributed by atoms with Gasteiger partial charge in [0.2, 0.25) is 0 Å². The topological polar surface area (TPSA) is 98.3 Å². The summed E-state index contributed by atoms with van der Waals surface area (Å²) >= 11 is 5.84.